The summed E-state index contributed by atoms with van der Waals surface area (Å²) in [5.41, 5.74) is 1.49. The molecule has 1 heterocycles. The summed E-state index contributed by atoms with van der Waals surface area (Å²) in [5, 5.41) is 4.65. The molecule has 0 fully saturated rings. The number of aryl methyl sites for hydroxylation is 1. The van der Waals surface area contributed by atoms with Gasteiger partial charge in [-0.3, -0.25) is 4.79 Å². The van der Waals surface area contributed by atoms with Crippen LogP contribution in [0.3, 0.4) is 0 Å². The zero-order valence-corrected chi connectivity index (χ0v) is 12.8. The molecule has 100 valence electrons. The third kappa shape index (κ3) is 3.42. The van der Waals surface area contributed by atoms with E-state index >= 15 is 0 Å². The van der Waals surface area contributed by atoms with Crippen LogP contribution in [0.1, 0.15) is 27.7 Å². The van der Waals surface area contributed by atoms with E-state index in [1.807, 2.05) is 18.4 Å². The van der Waals surface area contributed by atoms with Crippen LogP contribution in [-0.2, 0) is 13.0 Å². The van der Waals surface area contributed by atoms with Crippen molar-refractivity contribution in [3.05, 3.63) is 55.9 Å². The molecule has 2 aromatic rings. The Morgan fingerprint density at radius 2 is 2.16 bits per heavy atom. The van der Waals surface area contributed by atoms with Crippen LogP contribution < -0.4 is 5.32 Å². The highest BCUT2D eigenvalue weighted by atomic mass is 79.9. The number of carbonyl (C=O) groups is 1. The molecule has 0 aliphatic carbocycles. The summed E-state index contributed by atoms with van der Waals surface area (Å²) in [7, 11) is 0. The molecule has 0 spiro atoms. The monoisotopic (exact) mass is 341 g/mol. The Hall–Kier alpha value is -1.20. The number of carbonyl (C=O) groups excluding carboxylic acids is 1. The standard InChI is InChI=1S/C14H13BrFNOS/c1-2-9-5-6-19-13(9)14(18)17-8-10-7-11(15)3-4-12(10)16/h3-7H,2,8H2,1H3,(H,17,18). The van der Waals surface area contributed by atoms with Crippen molar-refractivity contribution >= 4 is 33.2 Å². The zero-order valence-electron chi connectivity index (χ0n) is 10.4. The van der Waals surface area contributed by atoms with Gasteiger partial charge in [0.25, 0.3) is 5.91 Å². The average Bonchev–Trinajstić information content (AvgIpc) is 2.88. The molecule has 0 atom stereocenters. The Morgan fingerprint density at radius 3 is 2.89 bits per heavy atom. The minimum Gasteiger partial charge on any atom is -0.347 e. The van der Waals surface area contributed by atoms with Gasteiger partial charge in [-0.1, -0.05) is 22.9 Å². The predicted molar refractivity (Wildman–Crippen MR) is 79.0 cm³/mol. The summed E-state index contributed by atoms with van der Waals surface area (Å²) < 4.78 is 14.3. The highest BCUT2D eigenvalue weighted by molar-refractivity contribution is 9.10. The van der Waals surface area contributed by atoms with E-state index in [2.05, 4.69) is 21.2 Å². The van der Waals surface area contributed by atoms with Gasteiger partial charge >= 0.3 is 0 Å². The van der Waals surface area contributed by atoms with E-state index in [0.29, 0.717) is 10.4 Å². The van der Waals surface area contributed by atoms with Crippen molar-refractivity contribution in [3.8, 4) is 0 Å². The van der Waals surface area contributed by atoms with Gasteiger partial charge in [0.1, 0.15) is 5.82 Å². The van der Waals surface area contributed by atoms with Crippen LogP contribution in [0.5, 0.6) is 0 Å². The van der Waals surface area contributed by atoms with Gasteiger partial charge in [-0.05, 0) is 41.6 Å². The van der Waals surface area contributed by atoms with Crippen LogP contribution >= 0.6 is 27.3 Å². The number of amides is 1. The minimum atomic E-state index is -0.314. The van der Waals surface area contributed by atoms with E-state index in [1.165, 1.54) is 17.4 Å². The molecule has 2 rings (SSSR count). The van der Waals surface area contributed by atoms with Crippen molar-refractivity contribution in [1.29, 1.82) is 0 Å². The number of thiophene rings is 1. The van der Waals surface area contributed by atoms with E-state index in [-0.39, 0.29) is 18.3 Å². The van der Waals surface area contributed by atoms with Gasteiger partial charge in [0, 0.05) is 16.6 Å². The Morgan fingerprint density at radius 1 is 1.37 bits per heavy atom. The maximum absolute atomic E-state index is 13.5. The molecular weight excluding hydrogens is 329 g/mol. The Bertz CT molecular complexity index is 597. The second kappa shape index (κ2) is 6.30. The van der Waals surface area contributed by atoms with Crippen LogP contribution in [-0.4, -0.2) is 5.91 Å². The molecule has 0 radical (unpaired) electrons. The van der Waals surface area contributed by atoms with E-state index in [0.717, 1.165) is 16.5 Å². The molecule has 1 aromatic heterocycles. The molecular formula is C14H13BrFNOS. The quantitative estimate of drug-likeness (QED) is 0.889. The molecule has 1 amide bonds. The van der Waals surface area contributed by atoms with Crippen LogP contribution in [0, 0.1) is 5.82 Å². The lowest BCUT2D eigenvalue weighted by Gasteiger charge is -2.07. The van der Waals surface area contributed by atoms with E-state index in [1.54, 1.807) is 12.1 Å². The third-order valence-corrected chi connectivity index (χ3v) is 4.23. The molecule has 1 aromatic carbocycles. The fraction of sp³-hybridized carbons (Fsp3) is 0.214. The first kappa shape index (κ1) is 14.2. The summed E-state index contributed by atoms with van der Waals surface area (Å²) in [6, 6.07) is 6.63. The Balaban J connectivity index is 2.06. The predicted octanol–water partition coefficient (Wildman–Crippen LogP) is 4.14. The van der Waals surface area contributed by atoms with Gasteiger partial charge < -0.3 is 5.32 Å². The van der Waals surface area contributed by atoms with Crippen molar-refractivity contribution in [3.63, 3.8) is 0 Å². The smallest absolute Gasteiger partial charge is 0.261 e. The molecule has 0 aliphatic rings. The van der Waals surface area contributed by atoms with Gasteiger partial charge in [0.2, 0.25) is 0 Å². The second-order valence-corrected chi connectivity index (χ2v) is 5.88. The normalized spacial score (nSPS) is 10.5. The summed E-state index contributed by atoms with van der Waals surface area (Å²) in [5.74, 6) is -0.461. The van der Waals surface area contributed by atoms with Gasteiger partial charge in [0.15, 0.2) is 0 Å². The topological polar surface area (TPSA) is 29.1 Å². The largest absolute Gasteiger partial charge is 0.347 e. The molecule has 0 saturated heterocycles. The SMILES string of the molecule is CCc1ccsc1C(=O)NCc1cc(Br)ccc1F. The molecule has 2 nitrogen and oxygen atoms in total. The van der Waals surface area contributed by atoms with Gasteiger partial charge in [-0.15, -0.1) is 11.3 Å². The summed E-state index contributed by atoms with van der Waals surface area (Å²) in [4.78, 5) is 12.7. The number of hydrogen-bond donors (Lipinski definition) is 1. The van der Waals surface area contributed by atoms with E-state index < -0.39 is 0 Å². The first-order chi connectivity index (χ1) is 9.11. The fourth-order valence-electron chi connectivity index (χ4n) is 1.75. The van der Waals surface area contributed by atoms with Crippen LogP contribution in [0.4, 0.5) is 4.39 Å². The Labute approximate surface area is 123 Å². The third-order valence-electron chi connectivity index (χ3n) is 2.78. The lowest BCUT2D eigenvalue weighted by Crippen LogP contribution is -2.23. The average molecular weight is 342 g/mol. The summed E-state index contributed by atoms with van der Waals surface area (Å²) in [6.07, 6.45) is 0.817. The van der Waals surface area contributed by atoms with Crippen molar-refractivity contribution in [2.75, 3.05) is 0 Å². The van der Waals surface area contributed by atoms with Crippen molar-refractivity contribution in [2.45, 2.75) is 19.9 Å². The number of halogens is 2. The minimum absolute atomic E-state index is 0.147. The molecule has 0 bridgehead atoms. The van der Waals surface area contributed by atoms with Crippen molar-refractivity contribution in [1.82, 2.24) is 5.32 Å². The van der Waals surface area contributed by atoms with Gasteiger partial charge in [-0.2, -0.15) is 0 Å². The number of nitrogens with one attached hydrogen (secondary N) is 1. The number of hydrogen-bond acceptors (Lipinski definition) is 2. The van der Waals surface area contributed by atoms with Crippen molar-refractivity contribution < 1.29 is 9.18 Å². The highest BCUT2D eigenvalue weighted by Gasteiger charge is 2.12. The molecule has 1 N–H and O–H groups in total. The summed E-state index contributed by atoms with van der Waals surface area (Å²) >= 11 is 4.70. The van der Waals surface area contributed by atoms with E-state index in [9.17, 15) is 9.18 Å². The highest BCUT2D eigenvalue weighted by Crippen LogP contribution is 2.18. The molecule has 5 heteroatoms. The molecule has 0 aliphatic heterocycles. The van der Waals surface area contributed by atoms with Crippen LogP contribution in [0.15, 0.2) is 34.1 Å². The fourth-order valence-corrected chi connectivity index (χ4v) is 3.07. The first-order valence-corrected chi connectivity index (χ1v) is 7.57. The lowest BCUT2D eigenvalue weighted by molar-refractivity contribution is 0.0954. The van der Waals surface area contributed by atoms with Crippen molar-refractivity contribution in [2.24, 2.45) is 0 Å². The Kier molecular flexibility index (Phi) is 4.71. The molecule has 0 saturated carbocycles. The second-order valence-electron chi connectivity index (χ2n) is 4.05. The van der Waals surface area contributed by atoms with Crippen LogP contribution in [0.25, 0.3) is 0 Å². The number of benzene rings is 1. The van der Waals surface area contributed by atoms with Gasteiger partial charge in [-0.25, -0.2) is 4.39 Å². The summed E-state index contributed by atoms with van der Waals surface area (Å²) in [6.45, 7) is 2.19. The molecule has 19 heavy (non-hydrogen) atoms. The maximum Gasteiger partial charge on any atom is 0.261 e. The van der Waals surface area contributed by atoms with Gasteiger partial charge in [0.05, 0.1) is 4.88 Å². The zero-order chi connectivity index (χ0) is 13.8. The lowest BCUT2D eigenvalue weighted by atomic mass is 10.2. The maximum atomic E-state index is 13.5. The number of rotatable bonds is 4. The van der Waals surface area contributed by atoms with E-state index in [4.69, 9.17) is 0 Å². The molecule has 0 unspecified atom stereocenters. The first-order valence-electron chi connectivity index (χ1n) is 5.90. The van der Waals surface area contributed by atoms with Crippen LogP contribution in [0.2, 0.25) is 0 Å².